The van der Waals surface area contributed by atoms with E-state index in [1.165, 1.54) is 19.4 Å². The number of nitrogens with zero attached hydrogens (tertiary/aromatic N) is 2. The van der Waals surface area contributed by atoms with Gasteiger partial charge < -0.3 is 14.5 Å². The maximum Gasteiger partial charge on any atom is 0.349 e. The summed E-state index contributed by atoms with van der Waals surface area (Å²) < 4.78 is 27.0. The molecule has 0 saturated heterocycles. The van der Waals surface area contributed by atoms with Crippen LogP contribution in [0.5, 0.6) is 11.5 Å². The molecule has 4 rings (SSSR count). The Morgan fingerprint density at radius 1 is 1.09 bits per heavy atom. The number of halogens is 3. The van der Waals surface area contributed by atoms with E-state index >= 15 is 0 Å². The molecule has 0 bridgehead atoms. The molecule has 4 aromatic rings. The monoisotopic (exact) mass is 575 g/mol. The van der Waals surface area contributed by atoms with Crippen molar-refractivity contribution < 1.29 is 13.9 Å². The van der Waals surface area contributed by atoms with Gasteiger partial charge in [0.25, 0.3) is 5.56 Å². The number of benzene rings is 3. The van der Waals surface area contributed by atoms with Gasteiger partial charge in [0, 0.05) is 15.6 Å². The van der Waals surface area contributed by atoms with Crippen molar-refractivity contribution in [2.24, 2.45) is 5.10 Å². The van der Waals surface area contributed by atoms with Crippen molar-refractivity contribution in [3.63, 3.8) is 0 Å². The van der Waals surface area contributed by atoms with Crippen molar-refractivity contribution >= 4 is 49.0 Å². The predicted octanol–water partition coefficient (Wildman–Crippen LogP) is 4.82. The van der Waals surface area contributed by atoms with Gasteiger partial charge in [0.2, 0.25) is 0 Å². The second kappa shape index (κ2) is 9.72. The first kappa shape index (κ1) is 22.9. The summed E-state index contributed by atoms with van der Waals surface area (Å²) in [4.78, 5) is 27.7. The number of aromatic nitrogens is 2. The lowest BCUT2D eigenvalue weighted by atomic mass is 10.2. The number of rotatable bonds is 6. The third-order valence-electron chi connectivity index (χ3n) is 4.80. The maximum atomic E-state index is 13.9. The molecule has 1 aromatic heterocycles. The number of para-hydroxylation sites is 1. The molecule has 0 atom stereocenters. The van der Waals surface area contributed by atoms with Crippen molar-refractivity contribution in [2.75, 3.05) is 7.11 Å². The molecule has 0 fully saturated rings. The minimum Gasteiger partial charge on any atom is -0.493 e. The van der Waals surface area contributed by atoms with E-state index in [-0.39, 0.29) is 12.4 Å². The number of ether oxygens (including phenoxy) is 2. The van der Waals surface area contributed by atoms with Crippen LogP contribution in [0.2, 0.25) is 0 Å². The minimum absolute atomic E-state index is 0.0105. The van der Waals surface area contributed by atoms with Crippen LogP contribution in [-0.2, 0) is 6.61 Å². The number of methoxy groups -OCH3 is 1. The molecule has 1 heterocycles. The average Bonchev–Trinajstić information content (AvgIpc) is 2.81. The van der Waals surface area contributed by atoms with E-state index in [0.717, 1.165) is 4.68 Å². The molecule has 10 heteroatoms. The van der Waals surface area contributed by atoms with Crippen LogP contribution >= 0.6 is 31.9 Å². The highest BCUT2D eigenvalue weighted by atomic mass is 79.9. The van der Waals surface area contributed by atoms with Gasteiger partial charge in [-0.2, -0.15) is 5.10 Å². The van der Waals surface area contributed by atoms with Gasteiger partial charge in [0.1, 0.15) is 12.4 Å². The first-order valence-electron chi connectivity index (χ1n) is 9.61. The second-order valence-corrected chi connectivity index (χ2v) is 8.43. The molecule has 7 nitrogen and oxygen atoms in total. The summed E-state index contributed by atoms with van der Waals surface area (Å²) in [5, 5.41) is 4.41. The molecule has 0 amide bonds. The zero-order valence-electron chi connectivity index (χ0n) is 17.1. The first-order valence-corrected chi connectivity index (χ1v) is 11.2. The van der Waals surface area contributed by atoms with Crippen molar-refractivity contribution in [1.29, 1.82) is 0 Å². The highest BCUT2D eigenvalue weighted by Gasteiger charge is 2.17. The van der Waals surface area contributed by atoms with E-state index in [4.69, 9.17) is 9.47 Å². The lowest BCUT2D eigenvalue weighted by Crippen LogP contribution is -2.32. The lowest BCUT2D eigenvalue weighted by Gasteiger charge is -2.15. The molecular formula is C23H16Br2FN3O4. The van der Waals surface area contributed by atoms with Crippen LogP contribution in [0.4, 0.5) is 4.39 Å². The molecule has 0 saturated carbocycles. The minimum atomic E-state index is -0.665. The summed E-state index contributed by atoms with van der Waals surface area (Å²) in [7, 11) is 1.46. The number of hydrogen-bond donors (Lipinski definition) is 1. The molecule has 0 aliphatic carbocycles. The summed E-state index contributed by atoms with van der Waals surface area (Å²) in [6.07, 6.45) is 1.35. The molecule has 0 aliphatic rings. The molecule has 0 unspecified atom stereocenters. The Morgan fingerprint density at radius 3 is 2.58 bits per heavy atom. The summed E-state index contributed by atoms with van der Waals surface area (Å²) in [5.41, 5.74) is 0.125. The van der Waals surface area contributed by atoms with E-state index in [2.05, 4.69) is 41.9 Å². The molecule has 0 radical (unpaired) electrons. The van der Waals surface area contributed by atoms with Gasteiger partial charge in [-0.25, -0.2) is 9.18 Å². The van der Waals surface area contributed by atoms with Crippen molar-refractivity contribution in [3.8, 4) is 11.5 Å². The Kier molecular flexibility index (Phi) is 6.75. The molecule has 168 valence electrons. The number of fused-ring (bicyclic) bond motifs is 1. The quantitative estimate of drug-likeness (QED) is 0.333. The summed E-state index contributed by atoms with van der Waals surface area (Å²) in [6, 6.07) is 14.6. The van der Waals surface area contributed by atoms with Crippen molar-refractivity contribution in [2.45, 2.75) is 6.61 Å². The maximum absolute atomic E-state index is 13.9. The SMILES string of the molecule is COc1cc(C=Nn2c(=O)[nH]c3ccccc3c2=O)c(Br)c(Br)c1OCc1ccccc1F. The Morgan fingerprint density at radius 2 is 1.82 bits per heavy atom. The largest absolute Gasteiger partial charge is 0.493 e. The van der Waals surface area contributed by atoms with Gasteiger partial charge in [-0.1, -0.05) is 30.3 Å². The van der Waals surface area contributed by atoms with Gasteiger partial charge in [-0.05, 0) is 56.1 Å². The van der Waals surface area contributed by atoms with Crippen LogP contribution in [0.15, 0.2) is 78.2 Å². The lowest BCUT2D eigenvalue weighted by molar-refractivity contribution is 0.277. The third-order valence-corrected chi connectivity index (χ3v) is 6.94. The Balaban J connectivity index is 1.70. The summed E-state index contributed by atoms with van der Waals surface area (Å²) in [6.45, 7) is -0.0105. The van der Waals surface area contributed by atoms with E-state index < -0.39 is 11.2 Å². The predicted molar refractivity (Wildman–Crippen MR) is 131 cm³/mol. The Bertz CT molecular complexity index is 1500. The fourth-order valence-electron chi connectivity index (χ4n) is 3.13. The van der Waals surface area contributed by atoms with Crippen LogP contribution < -0.4 is 20.7 Å². The zero-order valence-corrected chi connectivity index (χ0v) is 20.3. The molecule has 0 spiro atoms. The van der Waals surface area contributed by atoms with Gasteiger partial charge in [0.15, 0.2) is 11.5 Å². The Hall–Kier alpha value is -3.24. The fourth-order valence-corrected chi connectivity index (χ4v) is 4.06. The topological polar surface area (TPSA) is 85.7 Å². The number of nitrogens with one attached hydrogen (secondary N) is 1. The first-order chi connectivity index (χ1) is 15.9. The van der Waals surface area contributed by atoms with Crippen LogP contribution in [0.25, 0.3) is 10.9 Å². The summed E-state index contributed by atoms with van der Waals surface area (Å²) in [5.74, 6) is 0.328. The zero-order chi connectivity index (χ0) is 23.5. The van der Waals surface area contributed by atoms with Crippen LogP contribution in [0.3, 0.4) is 0 Å². The highest BCUT2D eigenvalue weighted by molar-refractivity contribution is 9.13. The fraction of sp³-hybridized carbons (Fsp3) is 0.0870. The van der Waals surface area contributed by atoms with Gasteiger partial charge >= 0.3 is 5.69 Å². The normalized spacial score (nSPS) is 11.3. The average molecular weight is 577 g/mol. The number of H-pyrrole nitrogens is 1. The molecule has 0 aliphatic heterocycles. The smallest absolute Gasteiger partial charge is 0.349 e. The third kappa shape index (κ3) is 4.62. The van der Waals surface area contributed by atoms with E-state index in [0.29, 0.717) is 42.5 Å². The molecule has 33 heavy (non-hydrogen) atoms. The van der Waals surface area contributed by atoms with Gasteiger partial charge in [-0.3, -0.25) is 4.79 Å². The van der Waals surface area contributed by atoms with Crippen LogP contribution in [-0.4, -0.2) is 23.0 Å². The number of aromatic amines is 1. The van der Waals surface area contributed by atoms with Gasteiger partial charge in [-0.15, -0.1) is 4.68 Å². The standard InChI is InChI=1S/C23H16Br2FN3O4/c1-32-18-10-14(11-27-29-22(30)15-7-3-5-9-17(15)28-23(29)31)19(24)20(25)21(18)33-12-13-6-2-4-8-16(13)26/h2-11H,12H2,1H3,(H,28,31). The van der Waals surface area contributed by atoms with E-state index in [1.54, 1.807) is 48.5 Å². The summed E-state index contributed by atoms with van der Waals surface area (Å²) >= 11 is 6.92. The van der Waals surface area contributed by atoms with Crippen molar-refractivity contribution in [1.82, 2.24) is 9.66 Å². The highest BCUT2D eigenvalue weighted by Crippen LogP contribution is 2.42. The van der Waals surface area contributed by atoms with E-state index in [9.17, 15) is 14.0 Å². The second-order valence-electron chi connectivity index (χ2n) is 6.84. The van der Waals surface area contributed by atoms with Crippen LogP contribution in [0, 0.1) is 5.82 Å². The molecular weight excluding hydrogens is 561 g/mol. The van der Waals surface area contributed by atoms with Crippen molar-refractivity contribution in [3.05, 3.63) is 101 Å². The van der Waals surface area contributed by atoms with E-state index in [1.807, 2.05) is 0 Å². The molecule has 3 aromatic carbocycles. The number of hydrogen-bond acceptors (Lipinski definition) is 5. The van der Waals surface area contributed by atoms with Gasteiger partial charge in [0.05, 0.1) is 28.7 Å². The molecule has 1 N–H and O–H groups in total. The van der Waals surface area contributed by atoms with Crippen LogP contribution in [0.1, 0.15) is 11.1 Å². The Labute approximate surface area is 203 Å².